The van der Waals surface area contributed by atoms with Crippen LogP contribution in [0.1, 0.15) is 86.3 Å². The number of aliphatic carboxylic acids is 1. The number of carbonyl (C=O) groups excluding carboxylic acids is 1. The summed E-state index contributed by atoms with van der Waals surface area (Å²) in [6.07, 6.45) is 7.94. The van der Waals surface area contributed by atoms with Crippen molar-refractivity contribution in [1.29, 1.82) is 0 Å². The highest BCUT2D eigenvalue weighted by atomic mass is 16.5. The zero-order valence-electron chi connectivity index (χ0n) is 20.4. The van der Waals surface area contributed by atoms with Crippen molar-refractivity contribution in [3.05, 3.63) is 53.2 Å². The van der Waals surface area contributed by atoms with Gasteiger partial charge in [-0.2, -0.15) is 0 Å². The summed E-state index contributed by atoms with van der Waals surface area (Å²) in [4.78, 5) is 28.8. The zero-order chi connectivity index (χ0) is 24.3. The average Bonchev–Trinajstić information content (AvgIpc) is 3.54. The number of aromatic nitrogens is 1. The average molecular weight is 469 g/mol. The fourth-order valence-electron chi connectivity index (χ4n) is 5.32. The van der Waals surface area contributed by atoms with Gasteiger partial charge in [-0.15, -0.1) is 0 Å². The van der Waals surface area contributed by atoms with Crippen LogP contribution in [-0.2, 0) is 22.4 Å². The Bertz CT molecular complexity index is 1010. The lowest BCUT2D eigenvalue weighted by Gasteiger charge is -2.27. The molecule has 0 aliphatic carbocycles. The third-order valence-electron chi connectivity index (χ3n) is 7.32. The maximum Gasteiger partial charge on any atom is 0.309 e. The van der Waals surface area contributed by atoms with Gasteiger partial charge >= 0.3 is 5.97 Å². The van der Waals surface area contributed by atoms with Gasteiger partial charge in [-0.05, 0) is 57.1 Å². The van der Waals surface area contributed by atoms with Gasteiger partial charge < -0.3 is 19.6 Å². The molecule has 3 heterocycles. The Kier molecular flexibility index (Phi) is 7.41. The number of carbonyl (C=O) groups is 2. The molecule has 2 fully saturated rings. The van der Waals surface area contributed by atoms with E-state index in [0.717, 1.165) is 49.7 Å². The van der Waals surface area contributed by atoms with Crippen LogP contribution in [0.3, 0.4) is 0 Å². The Morgan fingerprint density at radius 3 is 2.62 bits per heavy atom. The summed E-state index contributed by atoms with van der Waals surface area (Å²) >= 11 is 0. The second-order valence-electron chi connectivity index (χ2n) is 10.4. The first-order valence-corrected chi connectivity index (χ1v) is 12.5. The maximum absolute atomic E-state index is 12.5. The second-order valence-corrected chi connectivity index (χ2v) is 10.4. The minimum atomic E-state index is -0.845. The molecule has 2 aliphatic heterocycles. The predicted octanol–water partition coefficient (Wildman–Crippen LogP) is 4.75. The van der Waals surface area contributed by atoms with Crippen LogP contribution >= 0.6 is 0 Å². The lowest BCUT2D eigenvalue weighted by molar-refractivity contribution is -0.146. The number of ether oxygens (including phenoxy) is 1. The Morgan fingerprint density at radius 1 is 1.15 bits per heavy atom. The lowest BCUT2D eigenvalue weighted by Crippen LogP contribution is -2.29. The van der Waals surface area contributed by atoms with Crippen LogP contribution < -0.4 is 5.32 Å². The van der Waals surface area contributed by atoms with Crippen LogP contribution in [0.4, 0.5) is 0 Å². The summed E-state index contributed by atoms with van der Waals surface area (Å²) in [6.45, 7) is 6.29. The number of fused-ring (bicyclic) bond motifs is 2. The molecule has 184 valence electrons. The van der Waals surface area contributed by atoms with Gasteiger partial charge in [-0.25, -0.2) is 4.98 Å². The summed E-state index contributed by atoms with van der Waals surface area (Å²) in [6, 6.07) is 8.07. The van der Waals surface area contributed by atoms with Crippen molar-refractivity contribution in [3.63, 3.8) is 0 Å². The number of benzene rings is 1. The molecule has 0 spiro atoms. The summed E-state index contributed by atoms with van der Waals surface area (Å²) in [7, 11) is 0. The Balaban J connectivity index is 1.50. The van der Waals surface area contributed by atoms with E-state index in [-0.39, 0.29) is 30.0 Å². The molecule has 7 heteroatoms. The van der Waals surface area contributed by atoms with Crippen molar-refractivity contribution in [2.45, 2.75) is 83.8 Å². The molecule has 1 amide bonds. The summed E-state index contributed by atoms with van der Waals surface area (Å²) < 4.78 is 12.1. The predicted molar refractivity (Wildman–Crippen MR) is 128 cm³/mol. The maximum atomic E-state index is 12.5. The highest BCUT2D eigenvalue weighted by molar-refractivity contribution is 5.91. The van der Waals surface area contributed by atoms with Crippen molar-refractivity contribution in [1.82, 2.24) is 10.3 Å². The number of carboxylic acids is 1. The second kappa shape index (κ2) is 10.3. The van der Waals surface area contributed by atoms with Gasteiger partial charge in [0, 0.05) is 12.5 Å². The molecule has 2 aromatic rings. The van der Waals surface area contributed by atoms with Crippen molar-refractivity contribution in [3.8, 4) is 0 Å². The highest BCUT2D eigenvalue weighted by Gasteiger charge is 2.51. The molecule has 0 unspecified atom stereocenters. The van der Waals surface area contributed by atoms with Crippen molar-refractivity contribution in [2.75, 3.05) is 6.54 Å². The van der Waals surface area contributed by atoms with E-state index in [1.54, 1.807) is 13.8 Å². The normalized spacial score (nSPS) is 23.9. The molecule has 2 bridgehead atoms. The molecule has 2 N–H and O–H groups in total. The van der Waals surface area contributed by atoms with Crippen molar-refractivity contribution >= 4 is 11.9 Å². The molecule has 4 rings (SSSR count). The van der Waals surface area contributed by atoms with Gasteiger partial charge in [0.05, 0.1) is 23.5 Å². The van der Waals surface area contributed by atoms with Crippen LogP contribution in [0.25, 0.3) is 0 Å². The van der Waals surface area contributed by atoms with Crippen LogP contribution in [0.5, 0.6) is 0 Å². The fraction of sp³-hybridized carbons (Fsp3) is 0.593. The first-order chi connectivity index (χ1) is 16.3. The van der Waals surface area contributed by atoms with Crippen molar-refractivity contribution in [2.24, 2.45) is 11.3 Å². The monoisotopic (exact) mass is 468 g/mol. The number of amides is 1. The lowest BCUT2D eigenvalue weighted by atomic mass is 9.74. The van der Waals surface area contributed by atoms with Crippen LogP contribution in [0.15, 0.2) is 34.9 Å². The van der Waals surface area contributed by atoms with E-state index in [2.05, 4.69) is 23.3 Å². The third kappa shape index (κ3) is 5.19. The number of rotatable bonds is 11. The van der Waals surface area contributed by atoms with Crippen LogP contribution in [0.2, 0.25) is 0 Å². The molecular formula is C27H36N2O5. The summed E-state index contributed by atoms with van der Waals surface area (Å²) in [5.41, 5.74) is 1.67. The Hall–Kier alpha value is -2.67. The molecule has 4 atom stereocenters. The van der Waals surface area contributed by atoms with Gasteiger partial charge in [-0.1, -0.05) is 44.0 Å². The first-order valence-electron chi connectivity index (χ1n) is 12.5. The number of hydrogen-bond donors (Lipinski definition) is 2. The first kappa shape index (κ1) is 24.5. The van der Waals surface area contributed by atoms with Gasteiger partial charge in [0.2, 0.25) is 5.89 Å². The van der Waals surface area contributed by atoms with E-state index in [1.807, 2.05) is 18.2 Å². The fourth-order valence-corrected chi connectivity index (χ4v) is 5.32. The quantitative estimate of drug-likeness (QED) is 0.462. The van der Waals surface area contributed by atoms with Gasteiger partial charge in [0.1, 0.15) is 6.26 Å². The highest BCUT2D eigenvalue weighted by Crippen LogP contribution is 2.50. The van der Waals surface area contributed by atoms with E-state index < -0.39 is 11.4 Å². The molecule has 2 aliphatic rings. The molecule has 34 heavy (non-hydrogen) atoms. The van der Waals surface area contributed by atoms with Gasteiger partial charge in [0.15, 0.2) is 5.69 Å². The molecular weight excluding hydrogens is 432 g/mol. The van der Waals surface area contributed by atoms with E-state index >= 15 is 0 Å². The number of hydrogen-bond acceptors (Lipinski definition) is 5. The topological polar surface area (TPSA) is 102 Å². The number of carboxylic acid groups (broad SMARTS) is 1. The number of oxazole rings is 1. The minimum absolute atomic E-state index is 0.0130. The zero-order valence-corrected chi connectivity index (χ0v) is 20.4. The number of unbranched alkanes of at least 4 members (excludes halogenated alkanes) is 2. The number of nitrogens with zero attached hydrogens (tertiary/aromatic N) is 1. The minimum Gasteiger partial charge on any atom is -0.481 e. The third-order valence-corrected chi connectivity index (χ3v) is 7.32. The van der Waals surface area contributed by atoms with E-state index in [1.165, 1.54) is 6.26 Å². The molecule has 2 saturated heterocycles. The Labute approximate surface area is 201 Å². The van der Waals surface area contributed by atoms with Gasteiger partial charge in [-0.3, -0.25) is 9.59 Å². The SMILES string of the molecule is CCCCCNC(=O)c1coc([C@@H]2[C@H](Cc3ccccc3CC(C)(C)C(=O)O)[C@@H]3CC[C@H]2O3)n1. The van der Waals surface area contributed by atoms with E-state index in [0.29, 0.717) is 24.6 Å². The molecule has 1 aromatic heterocycles. The van der Waals surface area contributed by atoms with Crippen LogP contribution in [-0.4, -0.2) is 40.7 Å². The summed E-state index contributed by atoms with van der Waals surface area (Å²) in [5.74, 6) is -0.274. The number of nitrogens with one attached hydrogen (secondary N) is 1. The molecule has 7 nitrogen and oxygen atoms in total. The van der Waals surface area contributed by atoms with Crippen LogP contribution in [0, 0.1) is 11.3 Å². The van der Waals surface area contributed by atoms with E-state index in [4.69, 9.17) is 9.15 Å². The Morgan fingerprint density at radius 2 is 1.88 bits per heavy atom. The molecule has 0 radical (unpaired) electrons. The molecule has 1 aromatic carbocycles. The standard InChI is InChI=1S/C27H36N2O5/c1-4-5-8-13-28-24(30)20-16-33-25(29-20)23-19(21-11-12-22(23)34-21)14-17-9-6-7-10-18(17)15-27(2,3)26(31)32/h6-7,9-10,16,19,21-23H,4-5,8,11-15H2,1-3H3,(H,28,30)(H,31,32)/t19-,21+,22-,23-/m1/s1. The van der Waals surface area contributed by atoms with Crippen molar-refractivity contribution < 1.29 is 23.8 Å². The van der Waals surface area contributed by atoms with Gasteiger partial charge in [0.25, 0.3) is 5.91 Å². The summed E-state index contributed by atoms with van der Waals surface area (Å²) in [5, 5.41) is 12.5. The molecule has 0 saturated carbocycles. The smallest absolute Gasteiger partial charge is 0.309 e. The largest absolute Gasteiger partial charge is 0.481 e. The van der Waals surface area contributed by atoms with E-state index in [9.17, 15) is 14.7 Å².